The highest BCUT2D eigenvalue weighted by atomic mass is 127. The number of benzene rings is 1. The van der Waals surface area contributed by atoms with Crippen LogP contribution < -0.4 is 11.1 Å². The van der Waals surface area contributed by atoms with Gasteiger partial charge in [0.1, 0.15) is 0 Å². The van der Waals surface area contributed by atoms with E-state index in [1.165, 1.54) is 5.56 Å². The Morgan fingerprint density at radius 1 is 1.42 bits per heavy atom. The Balaban J connectivity index is 2.11. The van der Waals surface area contributed by atoms with Gasteiger partial charge in [0, 0.05) is 10.1 Å². The maximum atomic E-state index is 12.1. The van der Waals surface area contributed by atoms with E-state index in [1.54, 1.807) is 0 Å². The van der Waals surface area contributed by atoms with Crippen LogP contribution in [0, 0.1) is 3.57 Å². The van der Waals surface area contributed by atoms with Crippen LogP contribution in [0.1, 0.15) is 24.4 Å². The summed E-state index contributed by atoms with van der Waals surface area (Å²) < 4.78 is 1.16. The van der Waals surface area contributed by atoms with Crippen molar-refractivity contribution in [2.75, 3.05) is 13.1 Å². The number of amides is 3. The number of hydrogen-bond donors (Lipinski definition) is 2. The van der Waals surface area contributed by atoms with Crippen LogP contribution in [0.15, 0.2) is 24.3 Å². The fourth-order valence-corrected chi connectivity index (χ4v) is 3.15. The van der Waals surface area contributed by atoms with Gasteiger partial charge in [0.15, 0.2) is 0 Å². The zero-order chi connectivity index (χ0) is 13.8. The van der Waals surface area contributed by atoms with E-state index in [4.69, 9.17) is 5.73 Å². The second-order valence-corrected chi connectivity index (χ2v) is 5.65. The van der Waals surface area contributed by atoms with Crippen molar-refractivity contribution >= 4 is 34.5 Å². The second-order valence-electron chi connectivity index (χ2n) is 4.48. The Hall–Kier alpha value is -1.31. The highest BCUT2D eigenvalue weighted by Gasteiger charge is 2.30. The third kappa shape index (κ3) is 3.37. The molecular formula is C13H16IN3O2. The molecule has 3 N–H and O–H groups in total. The Kier molecular flexibility index (Phi) is 4.62. The minimum Gasteiger partial charge on any atom is -0.352 e. The summed E-state index contributed by atoms with van der Waals surface area (Å²) in [7, 11) is 0. The Morgan fingerprint density at radius 2 is 2.16 bits per heavy atom. The lowest BCUT2D eigenvalue weighted by molar-refractivity contribution is -0.131. The molecular weight excluding hydrogens is 357 g/mol. The van der Waals surface area contributed by atoms with E-state index in [2.05, 4.69) is 34.0 Å². The smallest absolute Gasteiger partial charge is 0.312 e. The molecule has 1 saturated heterocycles. The summed E-state index contributed by atoms with van der Waals surface area (Å²) in [5, 5.41) is 2.35. The number of rotatable bonds is 3. The summed E-state index contributed by atoms with van der Waals surface area (Å²) in [5.41, 5.74) is 6.16. The second kappa shape index (κ2) is 6.23. The number of nitrogens with two attached hydrogens (primary N) is 1. The molecule has 1 atom stereocenters. The summed E-state index contributed by atoms with van der Waals surface area (Å²) in [6, 6.07) is 7.51. The number of nitrogens with one attached hydrogen (secondary N) is 1. The monoisotopic (exact) mass is 373 g/mol. The van der Waals surface area contributed by atoms with Crippen molar-refractivity contribution in [3.05, 3.63) is 33.4 Å². The van der Waals surface area contributed by atoms with E-state index < -0.39 is 6.03 Å². The Morgan fingerprint density at radius 3 is 2.84 bits per heavy atom. The van der Waals surface area contributed by atoms with Crippen LogP contribution in [-0.2, 0) is 4.79 Å². The molecule has 19 heavy (non-hydrogen) atoms. The maximum Gasteiger partial charge on any atom is 0.312 e. The first-order valence-electron chi connectivity index (χ1n) is 6.17. The lowest BCUT2D eigenvalue weighted by atomic mass is 10.0. The topological polar surface area (TPSA) is 75.4 Å². The highest BCUT2D eigenvalue weighted by molar-refractivity contribution is 14.1. The minimum absolute atomic E-state index is 0.0325. The minimum atomic E-state index is -0.668. The molecule has 0 aliphatic carbocycles. The largest absolute Gasteiger partial charge is 0.352 e. The summed E-state index contributed by atoms with van der Waals surface area (Å²) >= 11 is 2.29. The van der Waals surface area contributed by atoms with E-state index in [0.717, 1.165) is 23.0 Å². The van der Waals surface area contributed by atoms with Gasteiger partial charge in [-0.05, 0) is 47.1 Å². The molecule has 1 aromatic carbocycles. The van der Waals surface area contributed by atoms with Gasteiger partial charge in [-0.3, -0.25) is 4.79 Å². The first kappa shape index (κ1) is 14.1. The van der Waals surface area contributed by atoms with Gasteiger partial charge in [-0.2, -0.15) is 0 Å². The molecule has 2 rings (SSSR count). The number of urea groups is 1. The van der Waals surface area contributed by atoms with Crippen LogP contribution in [0.25, 0.3) is 0 Å². The van der Waals surface area contributed by atoms with Crippen molar-refractivity contribution in [2.24, 2.45) is 5.73 Å². The lowest BCUT2D eigenvalue weighted by Gasteiger charge is -2.26. The van der Waals surface area contributed by atoms with Crippen LogP contribution in [0.4, 0.5) is 4.79 Å². The molecule has 1 fully saturated rings. The number of carbonyl (C=O) groups excluding carboxylic acids is 2. The maximum absolute atomic E-state index is 12.1. The van der Waals surface area contributed by atoms with Gasteiger partial charge >= 0.3 is 6.03 Å². The number of hydrogen-bond acceptors (Lipinski definition) is 2. The van der Waals surface area contributed by atoms with E-state index in [0.29, 0.717) is 0 Å². The van der Waals surface area contributed by atoms with Crippen LogP contribution in [0.5, 0.6) is 0 Å². The molecule has 0 aromatic heterocycles. The molecule has 6 heteroatoms. The Labute approximate surface area is 125 Å². The Bertz CT molecular complexity index is 493. The third-order valence-electron chi connectivity index (χ3n) is 3.25. The van der Waals surface area contributed by atoms with Crippen molar-refractivity contribution in [3.63, 3.8) is 0 Å². The molecule has 1 heterocycles. The van der Waals surface area contributed by atoms with E-state index in [9.17, 15) is 9.59 Å². The first-order valence-corrected chi connectivity index (χ1v) is 7.24. The molecule has 5 nitrogen and oxygen atoms in total. The molecule has 1 aliphatic rings. The number of carbonyl (C=O) groups is 2. The quantitative estimate of drug-likeness (QED) is 0.791. The molecule has 3 amide bonds. The van der Waals surface area contributed by atoms with Crippen molar-refractivity contribution in [2.45, 2.75) is 18.9 Å². The van der Waals surface area contributed by atoms with Crippen LogP contribution in [-0.4, -0.2) is 29.9 Å². The summed E-state index contributed by atoms with van der Waals surface area (Å²) in [6.45, 7) is 0.699. The van der Waals surface area contributed by atoms with Gasteiger partial charge in [0.2, 0.25) is 5.91 Å². The molecule has 102 valence electrons. The van der Waals surface area contributed by atoms with Crippen LogP contribution in [0.3, 0.4) is 0 Å². The first-order chi connectivity index (χ1) is 9.09. The molecule has 0 spiro atoms. The molecule has 0 radical (unpaired) electrons. The van der Waals surface area contributed by atoms with Crippen molar-refractivity contribution in [1.82, 2.24) is 10.2 Å². The average Bonchev–Trinajstić information content (AvgIpc) is 2.85. The van der Waals surface area contributed by atoms with Crippen molar-refractivity contribution in [1.29, 1.82) is 0 Å². The summed E-state index contributed by atoms with van der Waals surface area (Å²) in [5.74, 6) is -0.0825. The number of nitrogens with zero attached hydrogens (tertiary/aromatic N) is 1. The van der Waals surface area contributed by atoms with E-state index in [1.807, 2.05) is 23.1 Å². The highest BCUT2D eigenvalue weighted by Crippen LogP contribution is 2.34. The van der Waals surface area contributed by atoms with E-state index >= 15 is 0 Å². The van der Waals surface area contributed by atoms with Gasteiger partial charge in [-0.1, -0.05) is 18.2 Å². The van der Waals surface area contributed by atoms with Gasteiger partial charge in [0.05, 0.1) is 12.6 Å². The predicted molar refractivity (Wildman–Crippen MR) is 80.4 cm³/mol. The zero-order valence-electron chi connectivity index (χ0n) is 10.4. The zero-order valence-corrected chi connectivity index (χ0v) is 12.6. The SMILES string of the molecule is NC(=O)NCC(=O)N1CCCC1c1ccccc1I. The molecule has 1 aliphatic heterocycles. The standard InChI is InChI=1S/C13H16IN3O2/c14-10-5-2-1-4-9(10)11-6-3-7-17(11)12(18)8-16-13(15)19/h1-2,4-5,11H,3,6-8H2,(H3,15,16,19). The lowest BCUT2D eigenvalue weighted by Crippen LogP contribution is -2.41. The van der Waals surface area contributed by atoms with Crippen LogP contribution >= 0.6 is 22.6 Å². The van der Waals surface area contributed by atoms with Gasteiger partial charge in [-0.25, -0.2) is 4.79 Å². The van der Waals surface area contributed by atoms with E-state index in [-0.39, 0.29) is 18.5 Å². The van der Waals surface area contributed by atoms with Crippen molar-refractivity contribution in [3.8, 4) is 0 Å². The third-order valence-corrected chi connectivity index (χ3v) is 4.23. The van der Waals surface area contributed by atoms with Crippen LogP contribution in [0.2, 0.25) is 0 Å². The predicted octanol–water partition coefficient (Wildman–Crippen LogP) is 1.62. The average molecular weight is 373 g/mol. The van der Waals surface area contributed by atoms with Gasteiger partial charge in [0.25, 0.3) is 0 Å². The normalized spacial score (nSPS) is 18.4. The molecule has 0 bridgehead atoms. The fourth-order valence-electron chi connectivity index (χ4n) is 2.40. The van der Waals surface area contributed by atoms with Gasteiger partial charge < -0.3 is 16.0 Å². The summed E-state index contributed by atoms with van der Waals surface area (Å²) in [4.78, 5) is 24.6. The van der Waals surface area contributed by atoms with Gasteiger partial charge in [-0.15, -0.1) is 0 Å². The number of halogens is 1. The number of likely N-dealkylation sites (tertiary alicyclic amines) is 1. The molecule has 0 saturated carbocycles. The fraction of sp³-hybridized carbons (Fsp3) is 0.385. The molecule has 1 aromatic rings. The molecule has 1 unspecified atom stereocenters. The summed E-state index contributed by atoms with van der Waals surface area (Å²) in [6.07, 6.45) is 1.94. The number of primary amides is 1. The van der Waals surface area contributed by atoms with Crippen molar-refractivity contribution < 1.29 is 9.59 Å².